The number of nitrogens with one attached hydrogen (secondary N) is 2. The van der Waals surface area contributed by atoms with Gasteiger partial charge in [0.2, 0.25) is 11.8 Å². The fourth-order valence-electron chi connectivity index (χ4n) is 4.55. The third kappa shape index (κ3) is 5.95. The molecule has 2 amide bonds. The lowest BCUT2D eigenvalue weighted by molar-refractivity contribution is -0.485. The Morgan fingerprint density at radius 1 is 0.974 bits per heavy atom. The Hall–Kier alpha value is -4.77. The lowest BCUT2D eigenvalue weighted by Crippen LogP contribution is -2.49. The van der Waals surface area contributed by atoms with Crippen molar-refractivity contribution in [3.8, 4) is 16.9 Å². The highest BCUT2D eigenvalue weighted by Crippen LogP contribution is 2.44. The summed E-state index contributed by atoms with van der Waals surface area (Å²) in [5.41, 5.74) is 15.9. The van der Waals surface area contributed by atoms with Crippen LogP contribution in [0.5, 0.6) is 5.75 Å². The summed E-state index contributed by atoms with van der Waals surface area (Å²) in [6.07, 6.45) is 0.136. The molecule has 0 saturated carbocycles. The number of phenols is 1. The number of nitrogens with two attached hydrogens (primary N) is 2. The number of hydrogen-bond donors (Lipinski definition) is 5. The molecule has 0 spiro atoms. The zero-order chi connectivity index (χ0) is 27.2. The maximum absolute atomic E-state index is 13.6. The molecule has 2 atom stereocenters. The minimum Gasteiger partial charge on any atom is -0.508 e. The summed E-state index contributed by atoms with van der Waals surface area (Å²) in [6, 6.07) is 19.6. The second-order valence-corrected chi connectivity index (χ2v) is 9.00. The number of aromatic hydroxyl groups is 1. The fraction of sp³-hybridized carbons (Fsp3) is 0.222. The summed E-state index contributed by atoms with van der Waals surface area (Å²) in [6.45, 7) is 0.164. The molecular formula is C27H28N6O5. The number of carbonyl (C=O) groups is 2. The summed E-state index contributed by atoms with van der Waals surface area (Å²) in [5, 5.41) is 27.9. The summed E-state index contributed by atoms with van der Waals surface area (Å²) in [5.74, 6) is -1.69. The van der Waals surface area contributed by atoms with Crippen LogP contribution in [0.4, 0.5) is 0 Å². The quantitative estimate of drug-likeness (QED) is 0.118. The van der Waals surface area contributed by atoms with Crippen LogP contribution >= 0.6 is 0 Å². The molecule has 0 heterocycles. The van der Waals surface area contributed by atoms with Crippen LogP contribution in [0, 0.1) is 10.1 Å². The van der Waals surface area contributed by atoms with Gasteiger partial charge in [-0.1, -0.05) is 60.7 Å². The first kappa shape index (κ1) is 26.3. The first-order valence-electron chi connectivity index (χ1n) is 12.0. The Kier molecular flexibility index (Phi) is 7.97. The van der Waals surface area contributed by atoms with Crippen molar-refractivity contribution in [3.63, 3.8) is 0 Å². The van der Waals surface area contributed by atoms with E-state index in [1.807, 2.05) is 48.5 Å². The number of amidine groups is 1. The SMILES string of the molecule is NC(=N[N+](=O)[O-])C(N)CC[C@H](NC(=O)C1c2ccccc2-c2ccccc21)C(=O)NCc1ccc(O)cc1. The molecule has 0 bridgehead atoms. The molecule has 11 heteroatoms. The summed E-state index contributed by atoms with van der Waals surface area (Å²) >= 11 is 0. The average Bonchev–Trinajstić information content (AvgIpc) is 3.24. The molecule has 3 aromatic carbocycles. The van der Waals surface area contributed by atoms with Crippen LogP contribution in [0.3, 0.4) is 0 Å². The molecule has 1 aliphatic rings. The normalized spacial score (nSPS) is 14.2. The molecule has 0 fully saturated rings. The van der Waals surface area contributed by atoms with E-state index >= 15 is 0 Å². The number of fused-ring (bicyclic) bond motifs is 3. The van der Waals surface area contributed by atoms with Crippen LogP contribution < -0.4 is 22.1 Å². The Balaban J connectivity index is 1.53. The molecule has 0 aromatic heterocycles. The van der Waals surface area contributed by atoms with Gasteiger partial charge in [0.05, 0.1) is 17.1 Å². The van der Waals surface area contributed by atoms with Gasteiger partial charge in [-0.25, -0.2) is 10.1 Å². The van der Waals surface area contributed by atoms with Crippen molar-refractivity contribution in [3.05, 3.63) is 99.6 Å². The van der Waals surface area contributed by atoms with E-state index in [4.69, 9.17) is 11.5 Å². The molecule has 11 nitrogen and oxygen atoms in total. The zero-order valence-electron chi connectivity index (χ0n) is 20.4. The minimum atomic E-state index is -0.992. The fourth-order valence-corrected chi connectivity index (χ4v) is 4.55. The van der Waals surface area contributed by atoms with Crippen LogP contribution in [0.25, 0.3) is 11.1 Å². The van der Waals surface area contributed by atoms with Gasteiger partial charge in [0.25, 0.3) is 0 Å². The van der Waals surface area contributed by atoms with E-state index in [9.17, 15) is 24.8 Å². The van der Waals surface area contributed by atoms with Gasteiger partial charge in [0.1, 0.15) is 11.8 Å². The third-order valence-electron chi connectivity index (χ3n) is 6.48. The van der Waals surface area contributed by atoms with E-state index in [0.717, 1.165) is 27.8 Å². The number of amides is 2. The smallest absolute Gasteiger partial charge is 0.242 e. The van der Waals surface area contributed by atoms with E-state index < -0.39 is 28.9 Å². The van der Waals surface area contributed by atoms with Gasteiger partial charge >= 0.3 is 0 Å². The molecular weight excluding hydrogens is 488 g/mol. The van der Waals surface area contributed by atoms with Gasteiger partial charge in [-0.05, 0) is 52.8 Å². The number of hydrazone groups is 1. The first-order valence-corrected chi connectivity index (χ1v) is 12.0. The van der Waals surface area contributed by atoms with Crippen LogP contribution in [0.1, 0.15) is 35.4 Å². The lowest BCUT2D eigenvalue weighted by Gasteiger charge is -2.22. The zero-order valence-corrected chi connectivity index (χ0v) is 20.4. The molecule has 3 aromatic rings. The monoisotopic (exact) mass is 516 g/mol. The number of nitro groups is 1. The highest BCUT2D eigenvalue weighted by Gasteiger charge is 2.35. The highest BCUT2D eigenvalue weighted by atomic mass is 16.7. The molecule has 196 valence electrons. The van der Waals surface area contributed by atoms with E-state index in [2.05, 4.69) is 15.7 Å². The van der Waals surface area contributed by atoms with Crippen LogP contribution in [0.15, 0.2) is 77.9 Å². The molecule has 38 heavy (non-hydrogen) atoms. The van der Waals surface area contributed by atoms with Crippen LogP contribution in [-0.4, -0.2) is 39.9 Å². The standard InChI is InChI=1S/C27H28N6O5/c28-22(25(29)32-33(37)38)13-14-23(26(35)30-15-16-9-11-17(34)12-10-16)31-27(36)24-20-7-3-1-5-18(20)19-6-2-4-8-21(19)24/h1-12,22-24,34H,13-15,28H2,(H2,29,32)(H,30,35)(H,31,36)/t22?,23-/m0/s1. The van der Waals surface area contributed by atoms with Crippen molar-refractivity contribution in [1.29, 1.82) is 0 Å². The first-order chi connectivity index (χ1) is 18.2. The van der Waals surface area contributed by atoms with Crippen molar-refractivity contribution in [2.75, 3.05) is 0 Å². The van der Waals surface area contributed by atoms with Crippen molar-refractivity contribution < 1.29 is 19.7 Å². The maximum Gasteiger partial charge on any atom is 0.242 e. The molecule has 4 rings (SSSR count). The Morgan fingerprint density at radius 3 is 2.13 bits per heavy atom. The summed E-state index contributed by atoms with van der Waals surface area (Å²) < 4.78 is 0. The third-order valence-corrected chi connectivity index (χ3v) is 6.48. The van der Waals surface area contributed by atoms with Crippen molar-refractivity contribution in [2.45, 2.75) is 37.4 Å². The Bertz CT molecular complexity index is 1330. The molecule has 0 aliphatic heterocycles. The average molecular weight is 517 g/mol. The van der Waals surface area contributed by atoms with E-state index in [-0.39, 0.29) is 36.9 Å². The predicted molar refractivity (Wildman–Crippen MR) is 141 cm³/mol. The summed E-state index contributed by atoms with van der Waals surface area (Å²) in [4.78, 5) is 37.5. The molecule has 7 N–H and O–H groups in total. The van der Waals surface area contributed by atoms with Gasteiger partial charge in [-0.3, -0.25) is 9.59 Å². The minimum absolute atomic E-state index is 0.0677. The number of hydrogen-bond acceptors (Lipinski definition) is 6. The second kappa shape index (κ2) is 11.5. The second-order valence-electron chi connectivity index (χ2n) is 9.00. The van der Waals surface area contributed by atoms with Gasteiger partial charge in [-0.15, -0.1) is 0 Å². The number of phenolic OH excluding ortho intramolecular Hbond substituents is 1. The van der Waals surface area contributed by atoms with E-state index in [1.54, 1.807) is 12.1 Å². The summed E-state index contributed by atoms with van der Waals surface area (Å²) in [7, 11) is 0. The number of benzene rings is 3. The van der Waals surface area contributed by atoms with Crippen LogP contribution in [-0.2, 0) is 16.1 Å². The Morgan fingerprint density at radius 2 is 1.55 bits per heavy atom. The topological polar surface area (TPSA) is 186 Å². The van der Waals surface area contributed by atoms with Crippen molar-refractivity contribution in [2.24, 2.45) is 16.6 Å². The molecule has 1 aliphatic carbocycles. The Labute approximate surface area is 218 Å². The van der Waals surface area contributed by atoms with Gasteiger partial charge in [0.15, 0.2) is 10.9 Å². The molecule has 1 unspecified atom stereocenters. The van der Waals surface area contributed by atoms with E-state index in [1.165, 1.54) is 12.1 Å². The number of nitrogens with zero attached hydrogens (tertiary/aromatic N) is 2. The van der Waals surface area contributed by atoms with Crippen LogP contribution in [0.2, 0.25) is 0 Å². The van der Waals surface area contributed by atoms with Gasteiger partial charge < -0.3 is 27.2 Å². The van der Waals surface area contributed by atoms with Gasteiger partial charge in [-0.2, -0.15) is 0 Å². The molecule has 0 radical (unpaired) electrons. The number of carbonyl (C=O) groups excluding carboxylic acids is 2. The van der Waals surface area contributed by atoms with Crippen molar-refractivity contribution in [1.82, 2.24) is 10.6 Å². The van der Waals surface area contributed by atoms with Gasteiger partial charge in [0, 0.05) is 6.54 Å². The largest absolute Gasteiger partial charge is 0.508 e. The van der Waals surface area contributed by atoms with E-state index in [0.29, 0.717) is 0 Å². The number of rotatable bonds is 10. The predicted octanol–water partition coefficient (Wildman–Crippen LogP) is 1.96. The van der Waals surface area contributed by atoms with Crippen molar-refractivity contribution >= 4 is 17.6 Å². The maximum atomic E-state index is 13.6. The molecule has 0 saturated heterocycles. The highest BCUT2D eigenvalue weighted by molar-refractivity contribution is 5.98. The lowest BCUT2D eigenvalue weighted by atomic mass is 9.95.